The zero-order chi connectivity index (χ0) is 29.0. The average Bonchev–Trinajstić information content (AvgIpc) is 3.58. The number of halogens is 1. The number of nitrogens with zero attached hydrogens (tertiary/aromatic N) is 3. The number of ether oxygens (including phenoxy) is 1. The van der Waals surface area contributed by atoms with Crippen LogP contribution in [0.15, 0.2) is 128 Å². The molecule has 4 aromatic carbocycles. The molecule has 7 heteroatoms. The maximum absolute atomic E-state index is 14.7. The van der Waals surface area contributed by atoms with Gasteiger partial charge in [0.25, 0.3) is 0 Å². The predicted octanol–water partition coefficient (Wildman–Crippen LogP) is 6.84. The maximum atomic E-state index is 14.7. The summed E-state index contributed by atoms with van der Waals surface area (Å²) in [4.78, 5) is 17.7. The van der Waals surface area contributed by atoms with E-state index in [4.69, 9.17) is 14.8 Å². The summed E-state index contributed by atoms with van der Waals surface area (Å²) in [6.07, 6.45) is 2.50. The number of hydrogen-bond acceptors (Lipinski definition) is 4. The minimum absolute atomic E-state index is 0.170. The molecular formula is C36H27FN4O2. The predicted molar refractivity (Wildman–Crippen MR) is 162 cm³/mol. The molecule has 0 bridgehead atoms. The summed E-state index contributed by atoms with van der Waals surface area (Å²) >= 11 is 0. The molecule has 0 unspecified atom stereocenters. The molecule has 2 aromatic heterocycles. The fraction of sp³-hybridized carbons (Fsp3) is 0.139. The van der Waals surface area contributed by atoms with Gasteiger partial charge in [-0.05, 0) is 34.9 Å². The van der Waals surface area contributed by atoms with Crippen LogP contribution in [-0.4, -0.2) is 26.8 Å². The lowest BCUT2D eigenvalue weighted by Crippen LogP contribution is -2.52. The van der Waals surface area contributed by atoms with E-state index in [0.717, 1.165) is 22.2 Å². The molecule has 1 fully saturated rings. The maximum Gasteiger partial charge on any atom is 0.235 e. The molecule has 6 aromatic rings. The zero-order valence-electron chi connectivity index (χ0n) is 23.2. The van der Waals surface area contributed by atoms with Gasteiger partial charge in [0.2, 0.25) is 11.8 Å². The van der Waals surface area contributed by atoms with Gasteiger partial charge < -0.3 is 10.1 Å². The molecule has 6 nitrogen and oxygen atoms in total. The number of hydrogen-bond donors (Lipinski definition) is 1. The lowest BCUT2D eigenvalue weighted by molar-refractivity contribution is -0.127. The van der Waals surface area contributed by atoms with E-state index in [1.165, 1.54) is 6.07 Å². The Morgan fingerprint density at radius 1 is 0.767 bits per heavy atom. The van der Waals surface area contributed by atoms with Crippen molar-refractivity contribution in [3.05, 3.63) is 156 Å². The normalized spacial score (nSPS) is 19.2. The van der Waals surface area contributed by atoms with Crippen molar-refractivity contribution in [2.45, 2.75) is 29.9 Å². The Morgan fingerprint density at radius 3 is 1.98 bits per heavy atom. The number of carbonyl (C=O) groups excluding carboxylic acids is 1. The number of rotatable bonds is 6. The molecule has 3 heterocycles. The van der Waals surface area contributed by atoms with Crippen LogP contribution in [0, 0.1) is 5.82 Å². The van der Waals surface area contributed by atoms with Crippen molar-refractivity contribution in [1.29, 1.82) is 0 Å². The van der Waals surface area contributed by atoms with E-state index in [-0.39, 0.29) is 17.8 Å². The number of anilines is 1. The molecular weight excluding hydrogens is 539 g/mol. The van der Waals surface area contributed by atoms with E-state index < -0.39 is 11.0 Å². The van der Waals surface area contributed by atoms with Crippen LogP contribution in [0.1, 0.15) is 35.1 Å². The molecule has 210 valence electrons. The highest BCUT2D eigenvalue weighted by Crippen LogP contribution is 2.53. The van der Waals surface area contributed by atoms with Crippen molar-refractivity contribution < 1.29 is 13.9 Å². The van der Waals surface area contributed by atoms with Gasteiger partial charge in [-0.25, -0.2) is 9.37 Å². The van der Waals surface area contributed by atoms with Gasteiger partial charge in [-0.2, -0.15) is 5.10 Å². The minimum Gasteiger partial charge on any atom is -0.474 e. The molecule has 1 aliphatic heterocycles. The summed E-state index contributed by atoms with van der Waals surface area (Å²) in [5.74, 6) is -0.0833. The number of aromatic nitrogens is 3. The Labute approximate surface area is 247 Å². The van der Waals surface area contributed by atoms with E-state index >= 15 is 0 Å². The Kier molecular flexibility index (Phi) is 5.69. The molecule has 1 amide bonds. The largest absolute Gasteiger partial charge is 0.474 e. The molecule has 0 radical (unpaired) electrons. The molecule has 1 saturated carbocycles. The van der Waals surface area contributed by atoms with Gasteiger partial charge in [-0.15, -0.1) is 0 Å². The lowest BCUT2D eigenvalue weighted by Gasteiger charge is -2.42. The number of fused-ring (bicyclic) bond motifs is 3. The third kappa shape index (κ3) is 3.81. The molecule has 0 atom stereocenters. The van der Waals surface area contributed by atoms with Gasteiger partial charge >= 0.3 is 0 Å². The number of benzene rings is 4. The van der Waals surface area contributed by atoms with Crippen molar-refractivity contribution in [1.82, 2.24) is 14.8 Å². The van der Waals surface area contributed by atoms with Gasteiger partial charge in [0.05, 0.1) is 11.6 Å². The fourth-order valence-electron chi connectivity index (χ4n) is 6.89. The second-order valence-corrected chi connectivity index (χ2v) is 11.3. The molecule has 43 heavy (non-hydrogen) atoms. The molecule has 8 rings (SSSR count). The summed E-state index contributed by atoms with van der Waals surface area (Å²) in [5.41, 5.74) is 3.98. The number of nitrogens with one attached hydrogen (secondary N) is 1. The van der Waals surface area contributed by atoms with E-state index in [9.17, 15) is 9.18 Å². The molecule has 2 aliphatic rings. The quantitative estimate of drug-likeness (QED) is 0.224. The van der Waals surface area contributed by atoms with Crippen LogP contribution in [0.25, 0.3) is 11.0 Å². The summed E-state index contributed by atoms with van der Waals surface area (Å²) in [6, 6.07) is 39.6. The Morgan fingerprint density at radius 2 is 1.37 bits per heavy atom. The SMILES string of the molecule is O=C1Nc2cccc(F)c2C12CC(Oc1ccc3nn(C(c4ccccc4)(c4ccccc4)c4ccccc4)cc3n1)C2. The molecule has 1 N–H and O–H groups in total. The van der Waals surface area contributed by atoms with Crippen LogP contribution in [0.2, 0.25) is 0 Å². The topological polar surface area (TPSA) is 69.0 Å². The highest BCUT2D eigenvalue weighted by molar-refractivity contribution is 6.07. The lowest BCUT2D eigenvalue weighted by atomic mass is 9.63. The fourth-order valence-corrected chi connectivity index (χ4v) is 6.89. The van der Waals surface area contributed by atoms with Gasteiger partial charge in [-0.1, -0.05) is 97.1 Å². The van der Waals surface area contributed by atoms with Crippen LogP contribution in [0.3, 0.4) is 0 Å². The second-order valence-electron chi connectivity index (χ2n) is 11.3. The molecule has 0 saturated heterocycles. The first kappa shape index (κ1) is 25.4. The Hall–Kier alpha value is -5.30. The first-order valence-corrected chi connectivity index (χ1v) is 14.4. The number of amides is 1. The molecule has 1 spiro atoms. The zero-order valence-corrected chi connectivity index (χ0v) is 23.2. The van der Waals surface area contributed by atoms with Crippen molar-refractivity contribution >= 4 is 22.6 Å². The second kappa shape index (κ2) is 9.63. The van der Waals surface area contributed by atoms with Crippen LogP contribution >= 0.6 is 0 Å². The van der Waals surface area contributed by atoms with Crippen molar-refractivity contribution in [2.75, 3.05) is 5.32 Å². The minimum atomic E-state index is -0.888. The smallest absolute Gasteiger partial charge is 0.235 e. The number of carbonyl (C=O) groups is 1. The van der Waals surface area contributed by atoms with Gasteiger partial charge in [0.15, 0.2) is 0 Å². The highest BCUT2D eigenvalue weighted by atomic mass is 19.1. The van der Waals surface area contributed by atoms with Gasteiger partial charge in [-0.3, -0.25) is 9.48 Å². The monoisotopic (exact) mass is 566 g/mol. The highest BCUT2D eigenvalue weighted by Gasteiger charge is 2.58. The van der Waals surface area contributed by atoms with Crippen LogP contribution < -0.4 is 10.1 Å². The standard InChI is InChI=1S/C36H27FN4O2/c37-28-17-10-18-30-33(28)35(34(42)39-30)21-27(22-35)43-32-20-19-29-31(38-32)23-41(40-29)36(24-11-4-1-5-12-24,25-13-6-2-7-14-25)26-15-8-3-9-16-26/h1-20,23,27H,21-22H2,(H,39,42). The van der Waals surface area contributed by atoms with E-state index in [1.807, 2.05) is 77.6 Å². The van der Waals surface area contributed by atoms with E-state index in [1.54, 1.807) is 12.1 Å². The van der Waals surface area contributed by atoms with Crippen molar-refractivity contribution in [2.24, 2.45) is 0 Å². The van der Waals surface area contributed by atoms with Gasteiger partial charge in [0.1, 0.15) is 28.5 Å². The van der Waals surface area contributed by atoms with E-state index in [0.29, 0.717) is 35.5 Å². The average molecular weight is 567 g/mol. The first-order valence-electron chi connectivity index (χ1n) is 14.4. The Balaban J connectivity index is 1.17. The summed E-state index contributed by atoms with van der Waals surface area (Å²) in [7, 11) is 0. The summed E-state index contributed by atoms with van der Waals surface area (Å²) < 4.78 is 23.0. The summed E-state index contributed by atoms with van der Waals surface area (Å²) in [6.45, 7) is 0. The van der Waals surface area contributed by atoms with Gasteiger partial charge in [0, 0.05) is 30.2 Å². The van der Waals surface area contributed by atoms with Crippen LogP contribution in [-0.2, 0) is 15.7 Å². The number of pyridine rings is 1. The van der Waals surface area contributed by atoms with E-state index in [2.05, 4.69) is 41.7 Å². The Bertz CT molecular complexity index is 1870. The molecule has 1 aliphatic carbocycles. The first-order chi connectivity index (χ1) is 21.1. The van der Waals surface area contributed by atoms with Crippen LogP contribution in [0.4, 0.5) is 10.1 Å². The third-order valence-electron chi connectivity index (χ3n) is 8.87. The summed E-state index contributed by atoms with van der Waals surface area (Å²) in [5, 5.41) is 7.91. The van der Waals surface area contributed by atoms with Crippen molar-refractivity contribution in [3.63, 3.8) is 0 Å². The third-order valence-corrected chi connectivity index (χ3v) is 8.87. The van der Waals surface area contributed by atoms with Crippen molar-refractivity contribution in [3.8, 4) is 5.88 Å². The van der Waals surface area contributed by atoms with Crippen LogP contribution in [0.5, 0.6) is 5.88 Å².